The number of hydrogen-bond donors (Lipinski definition) is 2. The Bertz CT molecular complexity index is 1310. The van der Waals surface area contributed by atoms with Crippen molar-refractivity contribution in [3.05, 3.63) is 84.2 Å². The highest BCUT2D eigenvalue weighted by atomic mass is 16.3. The Balaban J connectivity index is 1.26. The van der Waals surface area contributed by atoms with Crippen LogP contribution in [-0.2, 0) is 0 Å². The van der Waals surface area contributed by atoms with E-state index < -0.39 is 6.23 Å². The minimum atomic E-state index is -0.658. The molecule has 5 rings (SSSR count). The van der Waals surface area contributed by atoms with Crippen molar-refractivity contribution in [2.24, 2.45) is 5.92 Å². The Labute approximate surface area is 206 Å². The summed E-state index contributed by atoms with van der Waals surface area (Å²) in [4.78, 5) is 6.92. The van der Waals surface area contributed by atoms with Gasteiger partial charge in [0, 0.05) is 11.8 Å². The van der Waals surface area contributed by atoms with Crippen LogP contribution in [0.4, 0.5) is 0 Å². The predicted octanol–water partition coefficient (Wildman–Crippen LogP) is 4.85. The van der Waals surface area contributed by atoms with E-state index in [1.54, 1.807) is 0 Å². The van der Waals surface area contributed by atoms with Crippen molar-refractivity contribution < 1.29 is 5.11 Å². The molecule has 2 N–H and O–H groups in total. The number of nitriles is 1. The van der Waals surface area contributed by atoms with Gasteiger partial charge in [0.05, 0.1) is 23.5 Å². The smallest absolute Gasteiger partial charge is 0.137 e. The molecule has 2 aromatic carbocycles. The van der Waals surface area contributed by atoms with Crippen LogP contribution in [0.15, 0.2) is 73.1 Å². The maximum Gasteiger partial charge on any atom is 0.137 e. The first-order valence-corrected chi connectivity index (χ1v) is 12.3. The van der Waals surface area contributed by atoms with Crippen LogP contribution in [0.25, 0.3) is 28.0 Å². The quantitative estimate of drug-likeness (QED) is 0.382. The summed E-state index contributed by atoms with van der Waals surface area (Å²) >= 11 is 0. The van der Waals surface area contributed by atoms with E-state index in [1.807, 2.05) is 48.7 Å². The van der Waals surface area contributed by atoms with Gasteiger partial charge in [-0.15, -0.1) is 0 Å². The summed E-state index contributed by atoms with van der Waals surface area (Å²) in [6.45, 7) is 3.18. The largest absolute Gasteiger partial charge is 0.374 e. The highest BCUT2D eigenvalue weighted by Crippen LogP contribution is 2.26. The summed E-state index contributed by atoms with van der Waals surface area (Å²) < 4.78 is 2.07. The van der Waals surface area contributed by atoms with Gasteiger partial charge in [-0.1, -0.05) is 36.4 Å². The third kappa shape index (κ3) is 5.28. The lowest BCUT2D eigenvalue weighted by Gasteiger charge is -2.29. The van der Waals surface area contributed by atoms with Gasteiger partial charge in [0.2, 0.25) is 0 Å². The summed E-state index contributed by atoms with van der Waals surface area (Å²) in [5.74, 6) is 0.751. The molecule has 1 fully saturated rings. The topological polar surface area (TPSA) is 76.6 Å². The molecule has 6 nitrogen and oxygen atoms in total. The molecule has 178 valence electrons. The summed E-state index contributed by atoms with van der Waals surface area (Å²) in [7, 11) is 2.18. The first-order valence-electron chi connectivity index (χ1n) is 12.3. The first kappa shape index (κ1) is 23.3. The molecule has 0 radical (unpaired) electrons. The average molecular weight is 466 g/mol. The number of hydrogen-bond acceptors (Lipinski definition) is 5. The Morgan fingerprint density at radius 2 is 1.69 bits per heavy atom. The first-order chi connectivity index (χ1) is 17.1. The zero-order chi connectivity index (χ0) is 24.2. The number of aliphatic hydroxyl groups is 1. The maximum absolute atomic E-state index is 10.6. The van der Waals surface area contributed by atoms with Gasteiger partial charge >= 0.3 is 0 Å². The fourth-order valence-electron chi connectivity index (χ4n) is 4.83. The van der Waals surface area contributed by atoms with Crippen molar-refractivity contribution >= 4 is 5.65 Å². The second-order valence-electron chi connectivity index (χ2n) is 9.49. The summed E-state index contributed by atoms with van der Waals surface area (Å²) in [5.41, 5.74) is 6.52. The van der Waals surface area contributed by atoms with Crippen molar-refractivity contribution in [3.63, 3.8) is 0 Å². The summed E-state index contributed by atoms with van der Waals surface area (Å²) in [5, 5.41) is 23.0. The van der Waals surface area contributed by atoms with Crippen molar-refractivity contribution in [2.45, 2.75) is 25.5 Å². The van der Waals surface area contributed by atoms with Crippen molar-refractivity contribution in [2.75, 3.05) is 26.7 Å². The van der Waals surface area contributed by atoms with Gasteiger partial charge in [0.1, 0.15) is 11.9 Å². The standard InChI is InChI=1S/C29H31N5O/c1-33-16-13-21(14-17-33)12-15-31-29(35)25-8-6-23(7-9-25)26-10-11-28-32-19-27(34(28)20-26)24-4-2-22(18-30)3-5-24/h2-11,19-21,29,31,35H,12-17H2,1H3. The van der Waals surface area contributed by atoms with Gasteiger partial charge in [-0.05, 0) is 92.8 Å². The monoisotopic (exact) mass is 465 g/mol. The van der Waals surface area contributed by atoms with Crippen LogP contribution in [0.5, 0.6) is 0 Å². The molecule has 4 aromatic rings. The number of aromatic nitrogens is 2. The number of fused-ring (bicyclic) bond motifs is 1. The van der Waals surface area contributed by atoms with Gasteiger partial charge in [0.15, 0.2) is 0 Å². The molecule has 0 aliphatic carbocycles. The summed E-state index contributed by atoms with van der Waals surface area (Å²) in [6, 6.07) is 21.9. The highest BCUT2D eigenvalue weighted by molar-refractivity contribution is 5.69. The zero-order valence-corrected chi connectivity index (χ0v) is 20.1. The molecule has 35 heavy (non-hydrogen) atoms. The molecule has 1 aliphatic rings. The molecule has 1 aliphatic heterocycles. The van der Waals surface area contributed by atoms with Gasteiger partial charge in [0.25, 0.3) is 0 Å². The lowest BCUT2D eigenvalue weighted by Crippen LogP contribution is -2.32. The van der Waals surface area contributed by atoms with Crippen LogP contribution in [0.1, 0.15) is 36.6 Å². The van der Waals surface area contributed by atoms with Gasteiger partial charge in [-0.3, -0.25) is 9.72 Å². The van der Waals surface area contributed by atoms with E-state index in [2.05, 4.69) is 57.1 Å². The second kappa shape index (κ2) is 10.4. The number of piperidine rings is 1. The molecule has 0 spiro atoms. The molecule has 0 saturated carbocycles. The van der Waals surface area contributed by atoms with Crippen LogP contribution in [0.2, 0.25) is 0 Å². The van der Waals surface area contributed by atoms with Gasteiger partial charge in [-0.2, -0.15) is 5.26 Å². The molecule has 2 aromatic heterocycles. The Hall–Kier alpha value is -3.50. The Morgan fingerprint density at radius 1 is 1.00 bits per heavy atom. The van der Waals surface area contributed by atoms with Crippen LogP contribution >= 0.6 is 0 Å². The number of aliphatic hydroxyl groups excluding tert-OH is 1. The molecule has 6 heteroatoms. The molecular formula is C29H31N5O. The van der Waals surface area contributed by atoms with E-state index in [-0.39, 0.29) is 0 Å². The minimum Gasteiger partial charge on any atom is -0.374 e. The number of imidazole rings is 1. The fraction of sp³-hybridized carbons (Fsp3) is 0.310. The van der Waals surface area contributed by atoms with Crippen molar-refractivity contribution in [1.82, 2.24) is 19.6 Å². The molecule has 3 heterocycles. The van der Waals surface area contributed by atoms with Crippen molar-refractivity contribution in [3.8, 4) is 28.5 Å². The Kier molecular flexibility index (Phi) is 6.91. The molecule has 0 bridgehead atoms. The third-order valence-corrected chi connectivity index (χ3v) is 7.10. The predicted molar refractivity (Wildman–Crippen MR) is 139 cm³/mol. The SMILES string of the molecule is CN1CCC(CCNC(O)c2ccc(-c3ccc4ncc(-c5ccc(C#N)cc5)n4c3)cc2)CC1. The van der Waals surface area contributed by atoms with E-state index in [1.165, 1.54) is 25.9 Å². The van der Waals surface area contributed by atoms with Gasteiger partial charge < -0.3 is 10.0 Å². The number of benzene rings is 2. The van der Waals surface area contributed by atoms with Gasteiger partial charge in [-0.25, -0.2) is 4.98 Å². The maximum atomic E-state index is 10.6. The van der Waals surface area contributed by atoms with Crippen LogP contribution in [0.3, 0.4) is 0 Å². The normalized spacial score (nSPS) is 15.8. The van der Waals surface area contributed by atoms with Crippen LogP contribution in [0, 0.1) is 17.2 Å². The molecular weight excluding hydrogens is 434 g/mol. The Morgan fingerprint density at radius 3 is 2.40 bits per heavy atom. The zero-order valence-electron chi connectivity index (χ0n) is 20.1. The van der Waals surface area contributed by atoms with E-state index >= 15 is 0 Å². The van der Waals surface area contributed by atoms with E-state index in [9.17, 15) is 5.11 Å². The number of nitrogens with zero attached hydrogens (tertiary/aromatic N) is 4. The molecule has 0 amide bonds. The fourth-order valence-corrected chi connectivity index (χ4v) is 4.83. The number of nitrogens with one attached hydrogen (secondary N) is 1. The van der Waals surface area contributed by atoms with Crippen molar-refractivity contribution in [1.29, 1.82) is 5.26 Å². The molecule has 1 atom stereocenters. The summed E-state index contributed by atoms with van der Waals surface area (Å²) in [6.07, 6.45) is 6.89. The van der Waals surface area contributed by atoms with Crippen LogP contribution < -0.4 is 5.32 Å². The second-order valence-corrected chi connectivity index (χ2v) is 9.49. The lowest BCUT2D eigenvalue weighted by atomic mass is 9.94. The minimum absolute atomic E-state index is 0.641. The highest BCUT2D eigenvalue weighted by Gasteiger charge is 2.17. The molecule has 1 unspecified atom stereocenters. The number of likely N-dealkylation sites (tertiary alicyclic amines) is 1. The van der Waals surface area contributed by atoms with E-state index in [0.717, 1.165) is 52.5 Å². The van der Waals surface area contributed by atoms with Crippen LogP contribution in [-0.4, -0.2) is 46.1 Å². The van der Waals surface area contributed by atoms with E-state index in [0.29, 0.717) is 5.56 Å². The third-order valence-electron chi connectivity index (χ3n) is 7.10. The number of rotatable bonds is 7. The van der Waals surface area contributed by atoms with E-state index in [4.69, 9.17) is 5.26 Å². The average Bonchev–Trinajstić information content (AvgIpc) is 3.33. The molecule has 1 saturated heterocycles. The lowest BCUT2D eigenvalue weighted by molar-refractivity contribution is 0.132. The number of pyridine rings is 1.